The zero-order chi connectivity index (χ0) is 24.2. The number of amides is 1. The first-order chi connectivity index (χ1) is 15.6. The van der Waals surface area contributed by atoms with Gasteiger partial charge in [-0.05, 0) is 51.2 Å². The SMILES string of the molecule is CNC[C@H]1Oc2ccc(NS(=O)(=O)c3ccc(C)cc3)cc2CC(=O)N([C@H](C)CO)C[C@@H]1C. The number of aliphatic hydroxyl groups excluding tert-OH is 1. The lowest BCUT2D eigenvalue weighted by atomic mass is 10.0. The number of hydrogen-bond donors (Lipinski definition) is 3. The topological polar surface area (TPSA) is 108 Å². The molecule has 3 N–H and O–H groups in total. The smallest absolute Gasteiger partial charge is 0.261 e. The summed E-state index contributed by atoms with van der Waals surface area (Å²) in [6.07, 6.45) is -0.165. The molecule has 8 nitrogen and oxygen atoms in total. The van der Waals surface area contributed by atoms with E-state index < -0.39 is 10.0 Å². The molecule has 0 fully saturated rings. The molecule has 1 heterocycles. The molecule has 180 valence electrons. The van der Waals surface area contributed by atoms with Crippen molar-refractivity contribution in [1.29, 1.82) is 0 Å². The average Bonchev–Trinajstić information content (AvgIpc) is 2.81. The molecule has 0 saturated heterocycles. The number of aryl methyl sites for hydroxylation is 1. The average molecular weight is 476 g/mol. The predicted octanol–water partition coefficient (Wildman–Crippen LogP) is 2.16. The summed E-state index contributed by atoms with van der Waals surface area (Å²) in [5.74, 6) is 0.421. The quantitative estimate of drug-likeness (QED) is 0.567. The standard InChI is InChI=1S/C24H33N3O5S/c1-16-5-8-21(9-6-16)33(30,31)26-20-7-10-22-19(11-20)12-24(29)27(18(3)15-28)14-17(2)23(32-22)13-25-4/h5-11,17-18,23,25-26,28H,12-15H2,1-4H3/t17-,18+,23+/m0/s1. The van der Waals surface area contributed by atoms with Crippen LogP contribution in [0.3, 0.4) is 0 Å². The second kappa shape index (κ2) is 10.5. The Bertz CT molecular complexity index is 1070. The van der Waals surface area contributed by atoms with Gasteiger partial charge in [0.15, 0.2) is 0 Å². The molecule has 1 aliphatic rings. The van der Waals surface area contributed by atoms with Gasteiger partial charge in [0.05, 0.1) is 24.0 Å². The van der Waals surface area contributed by atoms with E-state index in [0.29, 0.717) is 30.1 Å². The number of benzene rings is 2. The first kappa shape index (κ1) is 25.0. The van der Waals surface area contributed by atoms with E-state index in [4.69, 9.17) is 4.74 Å². The van der Waals surface area contributed by atoms with Crippen LogP contribution in [-0.4, -0.2) is 63.2 Å². The van der Waals surface area contributed by atoms with Crippen molar-refractivity contribution in [2.75, 3.05) is 31.5 Å². The van der Waals surface area contributed by atoms with Crippen LogP contribution in [0.4, 0.5) is 5.69 Å². The van der Waals surface area contributed by atoms with E-state index in [-0.39, 0.29) is 41.9 Å². The number of ether oxygens (including phenoxy) is 1. The van der Waals surface area contributed by atoms with Crippen molar-refractivity contribution in [3.05, 3.63) is 53.6 Å². The normalized spacial score (nSPS) is 20.2. The Kier molecular flexibility index (Phi) is 7.99. The molecule has 2 aromatic carbocycles. The summed E-state index contributed by atoms with van der Waals surface area (Å²) >= 11 is 0. The fourth-order valence-electron chi connectivity index (χ4n) is 3.87. The van der Waals surface area contributed by atoms with Gasteiger partial charge in [-0.15, -0.1) is 0 Å². The maximum Gasteiger partial charge on any atom is 0.261 e. The van der Waals surface area contributed by atoms with Crippen LogP contribution >= 0.6 is 0 Å². The molecule has 0 bridgehead atoms. The van der Waals surface area contributed by atoms with Crippen LogP contribution in [0, 0.1) is 12.8 Å². The van der Waals surface area contributed by atoms with E-state index in [1.807, 2.05) is 27.8 Å². The van der Waals surface area contributed by atoms with E-state index in [0.717, 1.165) is 5.56 Å². The van der Waals surface area contributed by atoms with Gasteiger partial charge < -0.3 is 20.1 Å². The van der Waals surface area contributed by atoms with Crippen LogP contribution in [-0.2, 0) is 21.2 Å². The second-order valence-electron chi connectivity index (χ2n) is 8.69. The molecule has 3 rings (SSSR count). The van der Waals surface area contributed by atoms with Crippen molar-refractivity contribution in [1.82, 2.24) is 10.2 Å². The van der Waals surface area contributed by atoms with E-state index in [9.17, 15) is 18.3 Å². The van der Waals surface area contributed by atoms with Gasteiger partial charge in [0, 0.05) is 30.3 Å². The van der Waals surface area contributed by atoms with Crippen LogP contribution in [0.5, 0.6) is 5.75 Å². The van der Waals surface area contributed by atoms with Crippen LogP contribution < -0.4 is 14.8 Å². The minimum Gasteiger partial charge on any atom is -0.488 e. The molecule has 0 radical (unpaired) electrons. The van der Waals surface area contributed by atoms with Gasteiger partial charge in [0.1, 0.15) is 11.9 Å². The number of likely N-dealkylation sites (N-methyl/N-ethyl adjacent to an activating group) is 1. The first-order valence-electron chi connectivity index (χ1n) is 11.1. The Morgan fingerprint density at radius 3 is 2.55 bits per heavy atom. The maximum absolute atomic E-state index is 13.1. The van der Waals surface area contributed by atoms with Crippen LogP contribution in [0.15, 0.2) is 47.4 Å². The van der Waals surface area contributed by atoms with E-state index in [2.05, 4.69) is 10.0 Å². The highest BCUT2D eigenvalue weighted by Gasteiger charge is 2.30. The number of aliphatic hydroxyl groups is 1. The van der Waals surface area contributed by atoms with Crippen LogP contribution in [0.2, 0.25) is 0 Å². The van der Waals surface area contributed by atoms with Gasteiger partial charge in [-0.3, -0.25) is 9.52 Å². The summed E-state index contributed by atoms with van der Waals surface area (Å²) in [5.41, 5.74) is 1.91. The van der Waals surface area contributed by atoms with Gasteiger partial charge in [-0.25, -0.2) is 8.42 Å². The zero-order valence-electron chi connectivity index (χ0n) is 19.5. The van der Waals surface area contributed by atoms with Gasteiger partial charge in [-0.2, -0.15) is 0 Å². The summed E-state index contributed by atoms with van der Waals surface area (Å²) in [6, 6.07) is 11.3. The molecule has 0 saturated carbocycles. The summed E-state index contributed by atoms with van der Waals surface area (Å²) in [6.45, 7) is 6.61. The van der Waals surface area contributed by atoms with Crippen molar-refractivity contribution >= 4 is 21.6 Å². The highest BCUT2D eigenvalue weighted by Crippen LogP contribution is 2.29. The van der Waals surface area contributed by atoms with Gasteiger partial charge >= 0.3 is 0 Å². The molecule has 0 aliphatic carbocycles. The van der Waals surface area contributed by atoms with Crippen molar-refractivity contribution in [2.24, 2.45) is 5.92 Å². The monoisotopic (exact) mass is 475 g/mol. The lowest BCUT2D eigenvalue weighted by molar-refractivity contribution is -0.134. The highest BCUT2D eigenvalue weighted by molar-refractivity contribution is 7.92. The van der Waals surface area contributed by atoms with Crippen LogP contribution in [0.1, 0.15) is 25.0 Å². The molecular formula is C24H33N3O5S. The number of sulfonamides is 1. The first-order valence-corrected chi connectivity index (χ1v) is 12.6. The highest BCUT2D eigenvalue weighted by atomic mass is 32.2. The molecule has 0 aromatic heterocycles. The fraction of sp³-hybridized carbons (Fsp3) is 0.458. The minimum atomic E-state index is -3.78. The summed E-state index contributed by atoms with van der Waals surface area (Å²) < 4.78 is 34.5. The molecule has 0 spiro atoms. The molecule has 3 atom stereocenters. The predicted molar refractivity (Wildman–Crippen MR) is 128 cm³/mol. The zero-order valence-corrected chi connectivity index (χ0v) is 20.4. The Balaban J connectivity index is 1.95. The van der Waals surface area contributed by atoms with Crippen molar-refractivity contribution in [3.8, 4) is 5.75 Å². The number of fused-ring (bicyclic) bond motifs is 1. The summed E-state index contributed by atoms with van der Waals surface area (Å²) in [7, 11) is -1.94. The van der Waals surface area contributed by atoms with Gasteiger partial charge in [0.25, 0.3) is 10.0 Å². The largest absolute Gasteiger partial charge is 0.488 e. The number of anilines is 1. The third-order valence-electron chi connectivity index (χ3n) is 5.91. The third-order valence-corrected chi connectivity index (χ3v) is 7.30. The summed E-state index contributed by atoms with van der Waals surface area (Å²) in [5, 5.41) is 12.8. The number of hydrogen-bond acceptors (Lipinski definition) is 6. The Hall–Kier alpha value is -2.62. The van der Waals surface area contributed by atoms with Crippen molar-refractivity contribution in [3.63, 3.8) is 0 Å². The number of rotatable bonds is 7. The fourth-order valence-corrected chi connectivity index (χ4v) is 4.92. The lowest BCUT2D eigenvalue weighted by Gasteiger charge is -2.32. The number of nitrogens with one attached hydrogen (secondary N) is 2. The Morgan fingerprint density at radius 2 is 1.91 bits per heavy atom. The third kappa shape index (κ3) is 6.04. The van der Waals surface area contributed by atoms with E-state index >= 15 is 0 Å². The number of carbonyl (C=O) groups is 1. The summed E-state index contributed by atoms with van der Waals surface area (Å²) in [4.78, 5) is 15.0. The molecule has 1 aliphatic heterocycles. The molecule has 2 aromatic rings. The molecule has 33 heavy (non-hydrogen) atoms. The van der Waals surface area contributed by atoms with Gasteiger partial charge in [0.2, 0.25) is 5.91 Å². The second-order valence-corrected chi connectivity index (χ2v) is 10.4. The van der Waals surface area contributed by atoms with Crippen LogP contribution in [0.25, 0.3) is 0 Å². The molecule has 9 heteroatoms. The molecule has 0 unspecified atom stereocenters. The number of carbonyl (C=O) groups excluding carboxylic acids is 1. The Morgan fingerprint density at radius 1 is 1.21 bits per heavy atom. The molecule has 1 amide bonds. The van der Waals surface area contributed by atoms with E-state index in [1.165, 1.54) is 0 Å². The van der Waals surface area contributed by atoms with Crippen molar-refractivity contribution in [2.45, 2.75) is 44.2 Å². The van der Waals surface area contributed by atoms with Gasteiger partial charge in [-0.1, -0.05) is 24.6 Å². The maximum atomic E-state index is 13.1. The number of nitrogens with zero attached hydrogens (tertiary/aromatic N) is 1. The lowest BCUT2D eigenvalue weighted by Crippen LogP contribution is -2.47. The minimum absolute atomic E-state index is 0.0149. The van der Waals surface area contributed by atoms with E-state index in [1.54, 1.807) is 47.4 Å². The Labute approximate surface area is 196 Å². The van der Waals surface area contributed by atoms with Crippen molar-refractivity contribution < 1.29 is 23.1 Å². The molecular weight excluding hydrogens is 442 g/mol.